The third kappa shape index (κ3) is 3.67. The molecule has 0 aliphatic heterocycles. The van der Waals surface area contributed by atoms with E-state index >= 15 is 0 Å². The third-order valence-electron chi connectivity index (χ3n) is 2.94. The normalized spacial score (nSPS) is 11.2. The summed E-state index contributed by atoms with van der Waals surface area (Å²) in [6.45, 7) is 2.34. The molecular weight excluding hydrogens is 292 g/mol. The second-order valence-corrected chi connectivity index (χ2v) is 5.96. The highest BCUT2D eigenvalue weighted by atomic mass is 32.2. The number of primary sulfonamides is 1. The fraction of sp³-hybridized carbons (Fsp3) is 0.231. The molecule has 21 heavy (non-hydrogen) atoms. The zero-order valence-corrected chi connectivity index (χ0v) is 12.5. The fourth-order valence-electron chi connectivity index (χ4n) is 1.80. The molecule has 0 fully saturated rings. The largest absolute Gasteiger partial charge is 0.481 e. The quantitative estimate of drug-likeness (QED) is 0.855. The van der Waals surface area contributed by atoms with Crippen molar-refractivity contribution in [3.63, 3.8) is 0 Å². The molecule has 0 aliphatic rings. The highest BCUT2D eigenvalue weighted by Crippen LogP contribution is 2.20. The number of hydrogen-bond donors (Lipinski definition) is 2. The predicted molar refractivity (Wildman–Crippen MR) is 78.5 cm³/mol. The van der Waals surface area contributed by atoms with Crippen molar-refractivity contribution in [3.8, 4) is 5.88 Å². The zero-order chi connectivity index (χ0) is 15.5. The molecule has 112 valence electrons. The summed E-state index contributed by atoms with van der Waals surface area (Å²) in [7, 11) is -2.11. The number of nitrogens with zero attached hydrogens (tertiary/aromatic N) is 2. The van der Waals surface area contributed by atoms with Crippen molar-refractivity contribution in [1.29, 1.82) is 0 Å². The molecular formula is C13H16N4O3S. The van der Waals surface area contributed by atoms with Crippen LogP contribution in [0.1, 0.15) is 11.1 Å². The van der Waals surface area contributed by atoms with E-state index in [1.54, 1.807) is 19.2 Å². The summed E-state index contributed by atoms with van der Waals surface area (Å²) in [5.74, 6) is 1.18. The van der Waals surface area contributed by atoms with Crippen LogP contribution < -0.4 is 15.2 Å². The van der Waals surface area contributed by atoms with Crippen LogP contribution in [0.15, 0.2) is 35.5 Å². The number of nitrogens with one attached hydrogen (secondary N) is 1. The summed E-state index contributed by atoms with van der Waals surface area (Å²) in [6.07, 6.45) is 1.41. The van der Waals surface area contributed by atoms with Gasteiger partial charge in [-0.15, -0.1) is 0 Å². The second-order valence-electron chi connectivity index (χ2n) is 4.40. The Labute approximate surface area is 123 Å². The van der Waals surface area contributed by atoms with E-state index in [4.69, 9.17) is 9.88 Å². The first-order chi connectivity index (χ1) is 9.91. The smallest absolute Gasteiger partial charge is 0.238 e. The molecule has 0 radical (unpaired) electrons. The number of aromatic nitrogens is 2. The summed E-state index contributed by atoms with van der Waals surface area (Å²) in [4.78, 5) is 8.23. The molecule has 2 rings (SSSR count). The molecule has 0 unspecified atom stereocenters. The molecule has 0 bridgehead atoms. The molecule has 7 nitrogen and oxygen atoms in total. The van der Waals surface area contributed by atoms with E-state index in [1.807, 2.05) is 6.92 Å². The highest BCUT2D eigenvalue weighted by molar-refractivity contribution is 7.89. The monoisotopic (exact) mass is 308 g/mol. The van der Waals surface area contributed by atoms with E-state index in [2.05, 4.69) is 15.3 Å². The van der Waals surface area contributed by atoms with E-state index < -0.39 is 10.0 Å². The Balaban J connectivity index is 2.10. The van der Waals surface area contributed by atoms with Gasteiger partial charge in [-0.25, -0.2) is 23.5 Å². The second kappa shape index (κ2) is 6.06. The molecule has 0 amide bonds. The SMILES string of the molecule is COc1ncnc(NCc2ccc(S(N)(=O)=O)cc2)c1C. The molecule has 3 N–H and O–H groups in total. The van der Waals surface area contributed by atoms with Crippen molar-refractivity contribution in [2.75, 3.05) is 12.4 Å². The fourth-order valence-corrected chi connectivity index (χ4v) is 2.32. The van der Waals surface area contributed by atoms with Crippen LogP contribution in [0.4, 0.5) is 5.82 Å². The van der Waals surface area contributed by atoms with Crippen LogP contribution in [0.3, 0.4) is 0 Å². The van der Waals surface area contributed by atoms with Gasteiger partial charge in [-0.2, -0.15) is 0 Å². The number of anilines is 1. The summed E-state index contributed by atoms with van der Waals surface area (Å²) in [5.41, 5.74) is 1.71. The topological polar surface area (TPSA) is 107 Å². The van der Waals surface area contributed by atoms with Crippen molar-refractivity contribution in [2.24, 2.45) is 5.14 Å². The number of benzene rings is 1. The van der Waals surface area contributed by atoms with Gasteiger partial charge in [0.2, 0.25) is 15.9 Å². The van der Waals surface area contributed by atoms with Crippen LogP contribution in [-0.4, -0.2) is 25.5 Å². The molecule has 0 atom stereocenters. The average molecular weight is 308 g/mol. The van der Waals surface area contributed by atoms with Crippen molar-refractivity contribution in [3.05, 3.63) is 41.7 Å². The van der Waals surface area contributed by atoms with Gasteiger partial charge in [-0.3, -0.25) is 0 Å². The Bertz CT molecular complexity index is 730. The Morgan fingerprint density at radius 1 is 1.24 bits per heavy atom. The van der Waals surface area contributed by atoms with Crippen LogP contribution in [0.5, 0.6) is 5.88 Å². The van der Waals surface area contributed by atoms with Crippen molar-refractivity contribution < 1.29 is 13.2 Å². The predicted octanol–water partition coefficient (Wildman–Crippen LogP) is 1.05. The minimum absolute atomic E-state index is 0.0890. The number of sulfonamides is 1. The Hall–Kier alpha value is -2.19. The van der Waals surface area contributed by atoms with Gasteiger partial charge in [0.05, 0.1) is 17.6 Å². The van der Waals surface area contributed by atoms with Crippen LogP contribution in [0.25, 0.3) is 0 Å². The Morgan fingerprint density at radius 2 is 1.90 bits per heavy atom. The number of rotatable bonds is 5. The minimum atomic E-state index is -3.66. The van der Waals surface area contributed by atoms with E-state index in [0.29, 0.717) is 18.2 Å². The maximum Gasteiger partial charge on any atom is 0.238 e. The number of nitrogens with two attached hydrogens (primary N) is 1. The van der Waals surface area contributed by atoms with E-state index in [9.17, 15) is 8.42 Å². The maximum atomic E-state index is 11.2. The Morgan fingerprint density at radius 3 is 2.48 bits per heavy atom. The highest BCUT2D eigenvalue weighted by Gasteiger charge is 2.08. The first kappa shape index (κ1) is 15.2. The summed E-state index contributed by atoms with van der Waals surface area (Å²) in [5, 5.41) is 8.20. The van der Waals surface area contributed by atoms with Crippen molar-refractivity contribution in [2.45, 2.75) is 18.4 Å². The van der Waals surface area contributed by atoms with Gasteiger partial charge in [0.25, 0.3) is 0 Å². The maximum absolute atomic E-state index is 11.2. The molecule has 0 spiro atoms. The lowest BCUT2D eigenvalue weighted by Gasteiger charge is -2.10. The first-order valence-electron chi connectivity index (χ1n) is 6.13. The van der Waals surface area contributed by atoms with Crippen LogP contribution in [0, 0.1) is 6.92 Å². The van der Waals surface area contributed by atoms with Crippen molar-refractivity contribution in [1.82, 2.24) is 9.97 Å². The van der Waals surface area contributed by atoms with Gasteiger partial charge >= 0.3 is 0 Å². The number of methoxy groups -OCH3 is 1. The van der Waals surface area contributed by atoms with Crippen molar-refractivity contribution >= 4 is 15.8 Å². The molecule has 0 saturated heterocycles. The standard InChI is InChI=1S/C13H16N4O3S/c1-9-12(16-8-17-13(9)20-2)15-7-10-3-5-11(6-4-10)21(14,18)19/h3-6,8H,7H2,1-2H3,(H2,14,18,19)(H,15,16,17). The van der Waals surface area contributed by atoms with Crippen LogP contribution in [0.2, 0.25) is 0 Å². The lowest BCUT2D eigenvalue weighted by atomic mass is 10.2. The molecule has 0 aliphatic carbocycles. The van der Waals surface area contributed by atoms with E-state index in [-0.39, 0.29) is 4.90 Å². The van der Waals surface area contributed by atoms with Gasteiger partial charge in [-0.1, -0.05) is 12.1 Å². The summed E-state index contributed by atoms with van der Waals surface area (Å²) in [6, 6.07) is 6.33. The van der Waals surface area contributed by atoms with Crippen LogP contribution in [-0.2, 0) is 16.6 Å². The van der Waals surface area contributed by atoms with Gasteiger partial charge in [0, 0.05) is 6.54 Å². The van der Waals surface area contributed by atoms with Crippen LogP contribution >= 0.6 is 0 Å². The number of ether oxygens (including phenoxy) is 1. The number of hydrogen-bond acceptors (Lipinski definition) is 6. The molecule has 0 saturated carbocycles. The lowest BCUT2D eigenvalue weighted by molar-refractivity contribution is 0.393. The molecule has 1 aromatic heterocycles. The van der Waals surface area contributed by atoms with E-state index in [1.165, 1.54) is 18.5 Å². The first-order valence-corrected chi connectivity index (χ1v) is 7.67. The van der Waals surface area contributed by atoms with Gasteiger partial charge in [-0.05, 0) is 24.6 Å². The molecule has 2 aromatic rings. The Kier molecular flexibility index (Phi) is 4.39. The van der Waals surface area contributed by atoms with Gasteiger partial charge in [0.15, 0.2) is 0 Å². The molecule has 1 heterocycles. The minimum Gasteiger partial charge on any atom is -0.481 e. The zero-order valence-electron chi connectivity index (χ0n) is 11.7. The van der Waals surface area contributed by atoms with Gasteiger partial charge < -0.3 is 10.1 Å². The van der Waals surface area contributed by atoms with Gasteiger partial charge in [0.1, 0.15) is 12.1 Å². The third-order valence-corrected chi connectivity index (χ3v) is 3.87. The summed E-state index contributed by atoms with van der Waals surface area (Å²) < 4.78 is 27.5. The lowest BCUT2D eigenvalue weighted by Crippen LogP contribution is -2.12. The molecule has 1 aromatic carbocycles. The summed E-state index contributed by atoms with van der Waals surface area (Å²) >= 11 is 0. The molecule has 8 heteroatoms. The van der Waals surface area contributed by atoms with E-state index in [0.717, 1.165) is 11.1 Å². The average Bonchev–Trinajstić information content (AvgIpc) is 2.46.